The first-order valence-corrected chi connectivity index (χ1v) is 8.90. The number of carbonyl (C=O) groups is 1. The van der Waals surface area contributed by atoms with Gasteiger partial charge in [-0.05, 0) is 42.2 Å². The Kier molecular flexibility index (Phi) is 5.36. The molecule has 25 heavy (non-hydrogen) atoms. The number of aliphatic imine (C=N–C) groups is 1. The van der Waals surface area contributed by atoms with Gasteiger partial charge in [0.1, 0.15) is 5.75 Å². The van der Waals surface area contributed by atoms with Crippen LogP contribution in [0.2, 0.25) is 0 Å². The van der Waals surface area contributed by atoms with Crippen LogP contribution in [0.1, 0.15) is 11.1 Å². The summed E-state index contributed by atoms with van der Waals surface area (Å²) in [6, 6.07) is 15.5. The molecule has 0 aliphatic carbocycles. The number of hydrogen-bond acceptors (Lipinski definition) is 5. The third-order valence-electron chi connectivity index (χ3n) is 3.60. The van der Waals surface area contributed by atoms with Crippen LogP contribution in [0.5, 0.6) is 5.75 Å². The number of esters is 1. The van der Waals surface area contributed by atoms with Gasteiger partial charge in [0.15, 0.2) is 5.70 Å². The monoisotopic (exact) mass is 351 g/mol. The summed E-state index contributed by atoms with van der Waals surface area (Å²) >= 11 is 1.67. The van der Waals surface area contributed by atoms with E-state index in [2.05, 4.69) is 4.99 Å². The van der Waals surface area contributed by atoms with Gasteiger partial charge in [-0.3, -0.25) is 0 Å². The van der Waals surface area contributed by atoms with Gasteiger partial charge in [-0.25, -0.2) is 9.79 Å². The van der Waals surface area contributed by atoms with Gasteiger partial charge in [-0.1, -0.05) is 30.3 Å². The fourth-order valence-electron chi connectivity index (χ4n) is 2.32. The van der Waals surface area contributed by atoms with Crippen molar-refractivity contribution in [1.29, 1.82) is 0 Å². The molecule has 0 saturated heterocycles. The molecule has 2 aromatic carbocycles. The van der Waals surface area contributed by atoms with Gasteiger partial charge in [-0.15, -0.1) is 11.8 Å². The average molecular weight is 351 g/mol. The highest BCUT2D eigenvalue weighted by molar-refractivity contribution is 7.98. The van der Waals surface area contributed by atoms with E-state index in [1.54, 1.807) is 37.1 Å². The average Bonchev–Trinajstić information content (AvgIpc) is 3.00. The molecule has 4 nitrogen and oxygen atoms in total. The number of ether oxygens (including phenoxy) is 2. The molecule has 0 unspecified atom stereocenters. The normalized spacial score (nSPS) is 15.5. The number of cyclic esters (lactones) is 1. The van der Waals surface area contributed by atoms with Crippen molar-refractivity contribution in [3.8, 4) is 5.75 Å². The molecule has 0 saturated carbocycles. The number of rotatable bonds is 5. The van der Waals surface area contributed by atoms with Crippen LogP contribution in [0, 0.1) is 0 Å². The number of para-hydroxylation sites is 1. The number of methoxy groups -OCH3 is 1. The number of thioether (sulfide) groups is 1. The standard InChI is InChI=1S/C20H17NO3S/c1-23-18-6-4-3-5-15(18)9-12-19-21-17(20(22)24-19)13-14-7-10-16(25-2)11-8-14/h3-13H,1-2H3. The molecular weight excluding hydrogens is 334 g/mol. The van der Waals surface area contributed by atoms with Crippen LogP contribution in [-0.4, -0.2) is 25.2 Å². The molecule has 1 heterocycles. The van der Waals surface area contributed by atoms with E-state index < -0.39 is 5.97 Å². The second kappa shape index (κ2) is 7.85. The Hall–Kier alpha value is -2.79. The first kappa shape index (κ1) is 17.0. The highest BCUT2D eigenvalue weighted by Gasteiger charge is 2.21. The van der Waals surface area contributed by atoms with Gasteiger partial charge >= 0.3 is 5.97 Å². The quantitative estimate of drug-likeness (QED) is 0.454. The molecule has 5 heteroatoms. The van der Waals surface area contributed by atoms with E-state index in [1.165, 1.54) is 4.90 Å². The van der Waals surface area contributed by atoms with E-state index in [-0.39, 0.29) is 11.6 Å². The lowest BCUT2D eigenvalue weighted by Gasteiger charge is -2.02. The smallest absolute Gasteiger partial charge is 0.363 e. The van der Waals surface area contributed by atoms with Gasteiger partial charge in [-0.2, -0.15) is 0 Å². The molecule has 3 rings (SSSR count). The van der Waals surface area contributed by atoms with Gasteiger partial charge in [0.25, 0.3) is 0 Å². The number of nitrogens with zero attached hydrogens (tertiary/aromatic N) is 1. The van der Waals surface area contributed by atoms with Crippen molar-refractivity contribution >= 4 is 35.8 Å². The summed E-state index contributed by atoms with van der Waals surface area (Å²) in [5, 5.41) is 0. The Morgan fingerprint density at radius 3 is 2.56 bits per heavy atom. The first-order valence-electron chi connectivity index (χ1n) is 7.67. The third kappa shape index (κ3) is 4.19. The largest absolute Gasteiger partial charge is 0.496 e. The topological polar surface area (TPSA) is 47.9 Å². The van der Waals surface area contributed by atoms with Crippen molar-refractivity contribution in [2.24, 2.45) is 4.99 Å². The van der Waals surface area contributed by atoms with E-state index in [9.17, 15) is 4.79 Å². The molecule has 0 amide bonds. The molecule has 0 spiro atoms. The summed E-state index contributed by atoms with van der Waals surface area (Å²) in [7, 11) is 1.61. The molecule has 0 radical (unpaired) electrons. The predicted molar refractivity (Wildman–Crippen MR) is 102 cm³/mol. The summed E-state index contributed by atoms with van der Waals surface area (Å²) in [4.78, 5) is 17.4. The van der Waals surface area contributed by atoms with Crippen molar-refractivity contribution < 1.29 is 14.3 Å². The van der Waals surface area contributed by atoms with Gasteiger partial charge < -0.3 is 9.47 Å². The second-order valence-corrected chi connectivity index (χ2v) is 6.10. The van der Waals surface area contributed by atoms with Crippen molar-refractivity contribution in [3.63, 3.8) is 0 Å². The van der Waals surface area contributed by atoms with Crippen molar-refractivity contribution in [3.05, 3.63) is 71.4 Å². The molecule has 126 valence electrons. The molecule has 0 N–H and O–H groups in total. The van der Waals surface area contributed by atoms with Crippen LogP contribution in [0.15, 0.2) is 70.2 Å². The first-order chi connectivity index (χ1) is 12.2. The molecule has 0 atom stereocenters. The van der Waals surface area contributed by atoms with Crippen LogP contribution >= 0.6 is 11.8 Å². The second-order valence-electron chi connectivity index (χ2n) is 5.22. The fourth-order valence-corrected chi connectivity index (χ4v) is 2.73. The minimum atomic E-state index is -0.450. The van der Waals surface area contributed by atoms with Gasteiger partial charge in [0, 0.05) is 16.5 Å². The Morgan fingerprint density at radius 2 is 1.84 bits per heavy atom. The van der Waals surface area contributed by atoms with E-state index in [1.807, 2.05) is 54.8 Å². The Labute approximate surface area is 150 Å². The summed E-state index contributed by atoms with van der Waals surface area (Å²) in [6.45, 7) is 0. The van der Waals surface area contributed by atoms with Crippen LogP contribution in [0.25, 0.3) is 12.2 Å². The summed E-state index contributed by atoms with van der Waals surface area (Å²) in [5.74, 6) is 0.560. The van der Waals surface area contributed by atoms with E-state index in [0.717, 1.165) is 16.9 Å². The Morgan fingerprint density at radius 1 is 1.08 bits per heavy atom. The lowest BCUT2D eigenvalue weighted by atomic mass is 10.2. The maximum Gasteiger partial charge on any atom is 0.363 e. The molecule has 1 aliphatic rings. The molecule has 0 aromatic heterocycles. The zero-order valence-corrected chi connectivity index (χ0v) is 14.7. The zero-order valence-electron chi connectivity index (χ0n) is 13.9. The number of benzene rings is 2. The molecular formula is C20H17NO3S. The van der Waals surface area contributed by atoms with E-state index >= 15 is 0 Å². The van der Waals surface area contributed by atoms with E-state index in [4.69, 9.17) is 9.47 Å². The number of hydrogen-bond donors (Lipinski definition) is 0. The molecule has 0 fully saturated rings. The van der Waals surface area contributed by atoms with Crippen molar-refractivity contribution in [2.45, 2.75) is 4.90 Å². The van der Waals surface area contributed by atoms with Crippen molar-refractivity contribution in [2.75, 3.05) is 13.4 Å². The highest BCUT2D eigenvalue weighted by Crippen LogP contribution is 2.21. The van der Waals surface area contributed by atoms with Crippen LogP contribution in [0.4, 0.5) is 0 Å². The van der Waals surface area contributed by atoms with Crippen LogP contribution < -0.4 is 4.74 Å². The lowest BCUT2D eigenvalue weighted by molar-refractivity contribution is -0.129. The molecule has 2 aromatic rings. The van der Waals surface area contributed by atoms with Gasteiger partial charge in [0.2, 0.25) is 5.90 Å². The molecule has 1 aliphatic heterocycles. The summed E-state index contributed by atoms with van der Waals surface area (Å²) in [6.07, 6.45) is 7.21. The minimum absolute atomic E-state index is 0.267. The third-order valence-corrected chi connectivity index (χ3v) is 4.34. The van der Waals surface area contributed by atoms with Crippen LogP contribution in [-0.2, 0) is 9.53 Å². The summed E-state index contributed by atoms with van der Waals surface area (Å²) < 4.78 is 10.5. The minimum Gasteiger partial charge on any atom is -0.496 e. The maximum absolute atomic E-state index is 12.0. The zero-order chi connectivity index (χ0) is 17.6. The predicted octanol–water partition coefficient (Wildman–Crippen LogP) is 4.43. The van der Waals surface area contributed by atoms with E-state index in [0.29, 0.717) is 0 Å². The van der Waals surface area contributed by atoms with Gasteiger partial charge in [0.05, 0.1) is 7.11 Å². The fraction of sp³-hybridized carbons (Fsp3) is 0.100. The highest BCUT2D eigenvalue weighted by atomic mass is 32.2. The summed E-state index contributed by atoms with van der Waals surface area (Å²) in [5.41, 5.74) is 2.08. The Balaban J connectivity index is 1.79. The lowest BCUT2D eigenvalue weighted by Crippen LogP contribution is -2.01. The maximum atomic E-state index is 12.0. The number of carbonyl (C=O) groups excluding carboxylic acids is 1. The Bertz CT molecular complexity index is 867. The molecule has 0 bridgehead atoms. The van der Waals surface area contributed by atoms with Crippen LogP contribution in [0.3, 0.4) is 0 Å². The van der Waals surface area contributed by atoms with Crippen molar-refractivity contribution in [1.82, 2.24) is 0 Å². The SMILES string of the molecule is COc1ccccc1C=CC1=NC(=Cc2ccc(SC)cc2)C(=O)O1.